The molecule has 0 bridgehead atoms. The second kappa shape index (κ2) is 4.66. The summed E-state index contributed by atoms with van der Waals surface area (Å²) in [5.74, 6) is 0.726. The molecule has 0 saturated heterocycles. The zero-order valence-electron chi connectivity index (χ0n) is 9.88. The summed E-state index contributed by atoms with van der Waals surface area (Å²) in [5.41, 5.74) is 6.18. The third kappa shape index (κ3) is 2.37. The van der Waals surface area contributed by atoms with Gasteiger partial charge in [-0.25, -0.2) is 8.42 Å². The van der Waals surface area contributed by atoms with Gasteiger partial charge in [0.25, 0.3) is 0 Å². The lowest BCUT2D eigenvalue weighted by Crippen LogP contribution is -2.00. The van der Waals surface area contributed by atoms with Crippen LogP contribution in [0.25, 0.3) is 11.3 Å². The molecule has 0 amide bonds. The summed E-state index contributed by atoms with van der Waals surface area (Å²) >= 11 is 1.35. The standard InChI is InChI=1S/C11H12N2O3S2/c1-17-11-7(8-6-10(12)13-16-8)4-3-5-9(11)18(2,14)15/h3-6H,1-2H3,(H2,12,13). The molecule has 2 N–H and O–H groups in total. The van der Waals surface area contributed by atoms with E-state index in [1.54, 1.807) is 24.3 Å². The first-order valence-corrected chi connectivity index (χ1v) is 8.14. The van der Waals surface area contributed by atoms with Gasteiger partial charge in [-0.2, -0.15) is 0 Å². The number of thioether (sulfide) groups is 1. The molecule has 2 aromatic rings. The van der Waals surface area contributed by atoms with Crippen molar-refractivity contribution in [3.8, 4) is 11.3 Å². The van der Waals surface area contributed by atoms with E-state index in [0.717, 1.165) is 0 Å². The van der Waals surface area contributed by atoms with E-state index in [-0.39, 0.29) is 10.7 Å². The van der Waals surface area contributed by atoms with Crippen LogP contribution in [0.4, 0.5) is 5.82 Å². The van der Waals surface area contributed by atoms with E-state index >= 15 is 0 Å². The molecule has 0 aliphatic heterocycles. The van der Waals surface area contributed by atoms with Crippen LogP contribution in [0, 0.1) is 0 Å². The van der Waals surface area contributed by atoms with Crippen molar-refractivity contribution in [1.82, 2.24) is 5.16 Å². The molecule has 18 heavy (non-hydrogen) atoms. The van der Waals surface area contributed by atoms with Gasteiger partial charge in [-0.05, 0) is 18.4 Å². The Hall–Kier alpha value is -1.47. The van der Waals surface area contributed by atoms with E-state index in [9.17, 15) is 8.42 Å². The summed E-state index contributed by atoms with van der Waals surface area (Å²) in [4.78, 5) is 0.915. The van der Waals surface area contributed by atoms with Crippen molar-refractivity contribution in [2.24, 2.45) is 0 Å². The number of nitrogens with zero attached hydrogens (tertiary/aromatic N) is 1. The number of anilines is 1. The number of sulfone groups is 1. The zero-order chi connectivity index (χ0) is 13.3. The van der Waals surface area contributed by atoms with E-state index in [1.165, 1.54) is 18.0 Å². The van der Waals surface area contributed by atoms with Crippen molar-refractivity contribution in [3.05, 3.63) is 24.3 Å². The predicted octanol–water partition coefficient (Wildman–Crippen LogP) is 2.05. The molecule has 7 heteroatoms. The van der Waals surface area contributed by atoms with E-state index in [4.69, 9.17) is 10.3 Å². The quantitative estimate of drug-likeness (QED) is 0.868. The highest BCUT2D eigenvalue weighted by molar-refractivity contribution is 7.99. The van der Waals surface area contributed by atoms with Crippen molar-refractivity contribution < 1.29 is 12.9 Å². The van der Waals surface area contributed by atoms with Gasteiger partial charge in [-0.1, -0.05) is 11.2 Å². The van der Waals surface area contributed by atoms with Gasteiger partial charge in [0.1, 0.15) is 0 Å². The van der Waals surface area contributed by atoms with Crippen LogP contribution in [0.2, 0.25) is 0 Å². The van der Waals surface area contributed by atoms with Gasteiger partial charge in [-0.3, -0.25) is 0 Å². The normalized spacial score (nSPS) is 11.7. The Morgan fingerprint density at radius 3 is 2.61 bits per heavy atom. The third-order valence-corrected chi connectivity index (χ3v) is 4.49. The highest BCUT2D eigenvalue weighted by atomic mass is 32.2. The average Bonchev–Trinajstić information content (AvgIpc) is 2.73. The van der Waals surface area contributed by atoms with Crippen LogP contribution in [0.15, 0.2) is 38.6 Å². The maximum Gasteiger partial charge on any atom is 0.176 e. The van der Waals surface area contributed by atoms with Gasteiger partial charge in [-0.15, -0.1) is 11.8 Å². The summed E-state index contributed by atoms with van der Waals surface area (Å²) in [6, 6.07) is 6.59. The largest absolute Gasteiger partial charge is 0.381 e. The minimum atomic E-state index is -3.28. The van der Waals surface area contributed by atoms with Gasteiger partial charge in [0.15, 0.2) is 21.4 Å². The van der Waals surface area contributed by atoms with Crippen molar-refractivity contribution in [2.45, 2.75) is 9.79 Å². The monoisotopic (exact) mass is 284 g/mol. The van der Waals surface area contributed by atoms with Crippen LogP contribution >= 0.6 is 11.8 Å². The molecule has 96 valence electrons. The Labute approximate surface area is 109 Å². The van der Waals surface area contributed by atoms with Gasteiger partial charge >= 0.3 is 0 Å². The molecule has 0 radical (unpaired) electrons. The Balaban J connectivity index is 2.70. The lowest BCUT2D eigenvalue weighted by molar-refractivity contribution is 0.435. The fourth-order valence-corrected chi connectivity index (χ4v) is 3.76. The number of hydrogen-bond donors (Lipinski definition) is 1. The van der Waals surface area contributed by atoms with E-state index < -0.39 is 9.84 Å². The van der Waals surface area contributed by atoms with Gasteiger partial charge in [0.2, 0.25) is 0 Å². The molecule has 1 aromatic heterocycles. The Morgan fingerprint density at radius 1 is 1.39 bits per heavy atom. The Morgan fingerprint density at radius 2 is 2.11 bits per heavy atom. The second-order valence-corrected chi connectivity index (χ2v) is 6.53. The average molecular weight is 284 g/mol. The van der Waals surface area contributed by atoms with Gasteiger partial charge in [0, 0.05) is 22.8 Å². The van der Waals surface area contributed by atoms with Crippen molar-refractivity contribution in [3.63, 3.8) is 0 Å². The summed E-state index contributed by atoms with van der Waals surface area (Å²) in [5, 5.41) is 3.60. The molecule has 0 aliphatic carbocycles. The number of benzene rings is 1. The first-order valence-electron chi connectivity index (χ1n) is 5.03. The molecular weight excluding hydrogens is 272 g/mol. The topological polar surface area (TPSA) is 86.2 Å². The summed E-state index contributed by atoms with van der Waals surface area (Å²) in [7, 11) is -3.28. The maximum absolute atomic E-state index is 11.7. The number of nitrogen functional groups attached to an aromatic ring is 1. The third-order valence-electron chi connectivity index (χ3n) is 2.38. The summed E-state index contributed by atoms with van der Waals surface area (Å²) in [6.07, 6.45) is 2.99. The molecule has 1 aromatic carbocycles. The van der Waals surface area contributed by atoms with E-state index in [2.05, 4.69) is 5.16 Å². The fraction of sp³-hybridized carbons (Fsp3) is 0.182. The number of hydrogen-bond acceptors (Lipinski definition) is 6. The fourth-order valence-electron chi connectivity index (χ4n) is 1.63. The highest BCUT2D eigenvalue weighted by Crippen LogP contribution is 2.35. The lowest BCUT2D eigenvalue weighted by atomic mass is 10.2. The van der Waals surface area contributed by atoms with Crippen LogP contribution < -0.4 is 5.73 Å². The van der Waals surface area contributed by atoms with E-state index in [0.29, 0.717) is 16.2 Å². The molecular formula is C11H12N2O3S2. The lowest BCUT2D eigenvalue weighted by Gasteiger charge is -2.09. The zero-order valence-corrected chi connectivity index (χ0v) is 11.5. The van der Waals surface area contributed by atoms with Crippen LogP contribution in [0.3, 0.4) is 0 Å². The van der Waals surface area contributed by atoms with Crippen LogP contribution in [-0.4, -0.2) is 26.1 Å². The molecule has 0 spiro atoms. The molecule has 5 nitrogen and oxygen atoms in total. The maximum atomic E-state index is 11.7. The molecule has 0 unspecified atom stereocenters. The van der Waals surface area contributed by atoms with Crippen LogP contribution in [0.1, 0.15) is 0 Å². The van der Waals surface area contributed by atoms with Gasteiger partial charge in [0.05, 0.1) is 4.90 Å². The molecule has 1 heterocycles. The van der Waals surface area contributed by atoms with Crippen LogP contribution in [-0.2, 0) is 9.84 Å². The minimum Gasteiger partial charge on any atom is -0.381 e. The summed E-state index contributed by atoms with van der Waals surface area (Å²) < 4.78 is 28.5. The molecule has 0 saturated carbocycles. The molecule has 2 rings (SSSR count). The first-order chi connectivity index (χ1) is 8.43. The number of nitrogens with two attached hydrogens (primary N) is 1. The predicted molar refractivity (Wildman–Crippen MR) is 71.2 cm³/mol. The van der Waals surface area contributed by atoms with Crippen molar-refractivity contribution in [1.29, 1.82) is 0 Å². The van der Waals surface area contributed by atoms with E-state index in [1.807, 2.05) is 6.26 Å². The minimum absolute atomic E-state index is 0.266. The van der Waals surface area contributed by atoms with Gasteiger partial charge < -0.3 is 10.3 Å². The Bertz CT molecular complexity index is 677. The number of aromatic nitrogens is 1. The van der Waals surface area contributed by atoms with Crippen LogP contribution in [0.5, 0.6) is 0 Å². The van der Waals surface area contributed by atoms with Crippen molar-refractivity contribution >= 4 is 27.4 Å². The Kier molecular flexibility index (Phi) is 3.36. The molecule has 0 aliphatic rings. The second-order valence-electron chi connectivity index (χ2n) is 3.73. The SMILES string of the molecule is CSc1c(-c2cc(N)no2)cccc1S(C)(=O)=O. The number of rotatable bonds is 3. The first kappa shape index (κ1) is 13.0. The van der Waals surface area contributed by atoms with Crippen molar-refractivity contribution in [2.75, 3.05) is 18.2 Å². The smallest absolute Gasteiger partial charge is 0.176 e. The molecule has 0 fully saturated rings. The molecule has 0 atom stereocenters. The highest BCUT2D eigenvalue weighted by Gasteiger charge is 2.18. The summed E-state index contributed by atoms with van der Waals surface area (Å²) in [6.45, 7) is 0.